The van der Waals surface area contributed by atoms with Gasteiger partial charge < -0.3 is 25.0 Å². The highest BCUT2D eigenvalue weighted by Crippen LogP contribution is 2.74. The fourth-order valence-corrected chi connectivity index (χ4v) is 5.30. The van der Waals surface area contributed by atoms with Crippen LogP contribution in [-0.4, -0.2) is 52.1 Å². The molecular formula is C15H19NO7. The van der Waals surface area contributed by atoms with Crippen molar-refractivity contribution < 1.29 is 34.1 Å². The van der Waals surface area contributed by atoms with Crippen LogP contribution in [0.4, 0.5) is 0 Å². The summed E-state index contributed by atoms with van der Waals surface area (Å²) in [5.41, 5.74) is -5.63. The van der Waals surface area contributed by atoms with Crippen LogP contribution in [0.1, 0.15) is 33.6 Å². The molecule has 0 unspecified atom stereocenters. The first-order chi connectivity index (χ1) is 10.5. The first-order valence-electron chi connectivity index (χ1n) is 7.64. The van der Waals surface area contributed by atoms with Crippen LogP contribution in [0.2, 0.25) is 0 Å². The topological polar surface area (TPSA) is 122 Å². The Bertz CT molecular complexity index is 655. The zero-order chi connectivity index (χ0) is 17.0. The molecule has 3 N–H and O–H groups in total. The summed E-state index contributed by atoms with van der Waals surface area (Å²) in [5, 5.41) is 24.7. The van der Waals surface area contributed by atoms with Gasteiger partial charge in [0, 0.05) is 6.42 Å². The summed E-state index contributed by atoms with van der Waals surface area (Å²) >= 11 is 0. The number of aliphatic hydroxyl groups excluding tert-OH is 1. The van der Waals surface area contributed by atoms with Gasteiger partial charge in [-0.25, -0.2) is 0 Å². The average Bonchev–Trinajstić information content (AvgIpc) is 3.00. The summed E-state index contributed by atoms with van der Waals surface area (Å²) in [5.74, 6) is -2.02. The van der Waals surface area contributed by atoms with Gasteiger partial charge in [-0.2, -0.15) is 0 Å². The minimum Gasteiger partial charge on any atom is -0.461 e. The number of carbonyl (C=O) groups excluding carboxylic acids is 3. The Hall–Kier alpha value is -1.67. The third kappa shape index (κ3) is 1.20. The smallest absolute Gasteiger partial charge is 0.319 e. The lowest BCUT2D eigenvalue weighted by molar-refractivity contribution is -0.205. The van der Waals surface area contributed by atoms with Crippen molar-refractivity contribution in [1.82, 2.24) is 5.32 Å². The van der Waals surface area contributed by atoms with Crippen molar-refractivity contribution in [1.29, 1.82) is 0 Å². The van der Waals surface area contributed by atoms with Crippen LogP contribution in [0.25, 0.3) is 0 Å². The maximum atomic E-state index is 12.7. The van der Waals surface area contributed by atoms with E-state index >= 15 is 0 Å². The van der Waals surface area contributed by atoms with Gasteiger partial charge in [0.1, 0.15) is 23.0 Å². The predicted molar refractivity (Wildman–Crippen MR) is 72.4 cm³/mol. The first kappa shape index (κ1) is 14.9. The van der Waals surface area contributed by atoms with Gasteiger partial charge >= 0.3 is 11.9 Å². The summed E-state index contributed by atoms with van der Waals surface area (Å²) in [6.45, 7) is 5.27. The molecule has 3 aliphatic heterocycles. The Morgan fingerprint density at radius 2 is 1.87 bits per heavy atom. The normalized spacial score (nSPS) is 51.0. The average molecular weight is 325 g/mol. The van der Waals surface area contributed by atoms with Gasteiger partial charge in [0.05, 0.1) is 12.0 Å². The highest BCUT2D eigenvalue weighted by Gasteiger charge is 2.91. The van der Waals surface area contributed by atoms with Crippen LogP contribution < -0.4 is 5.32 Å². The van der Waals surface area contributed by atoms with Crippen LogP contribution in [0.15, 0.2) is 0 Å². The van der Waals surface area contributed by atoms with Crippen molar-refractivity contribution in [3.63, 3.8) is 0 Å². The van der Waals surface area contributed by atoms with Gasteiger partial charge in [-0.1, -0.05) is 20.8 Å². The number of amides is 1. The fourth-order valence-electron chi connectivity index (χ4n) is 5.30. The van der Waals surface area contributed by atoms with E-state index in [0.29, 0.717) is 0 Å². The highest BCUT2D eigenvalue weighted by atomic mass is 16.6. The Labute approximate surface area is 132 Å². The Kier molecular flexibility index (Phi) is 2.39. The Balaban J connectivity index is 2.05. The van der Waals surface area contributed by atoms with E-state index in [9.17, 15) is 24.6 Å². The van der Waals surface area contributed by atoms with Crippen LogP contribution in [0, 0.1) is 16.2 Å². The molecule has 3 saturated heterocycles. The van der Waals surface area contributed by atoms with E-state index < -0.39 is 58.1 Å². The largest absolute Gasteiger partial charge is 0.461 e. The van der Waals surface area contributed by atoms with Gasteiger partial charge in [0.2, 0.25) is 0 Å². The Morgan fingerprint density at radius 3 is 2.48 bits per heavy atom. The molecule has 0 bridgehead atoms. The van der Waals surface area contributed by atoms with Gasteiger partial charge in [0.15, 0.2) is 6.23 Å². The Morgan fingerprint density at radius 1 is 1.22 bits per heavy atom. The monoisotopic (exact) mass is 325 g/mol. The molecule has 1 aliphatic carbocycles. The molecule has 4 aliphatic rings. The minimum absolute atomic E-state index is 0.0279. The van der Waals surface area contributed by atoms with Crippen molar-refractivity contribution in [2.24, 2.45) is 16.2 Å². The zero-order valence-corrected chi connectivity index (χ0v) is 13.1. The molecule has 0 radical (unpaired) electrons. The second-order valence-electron chi connectivity index (χ2n) is 8.01. The lowest BCUT2D eigenvalue weighted by Gasteiger charge is -2.50. The molecule has 1 saturated carbocycles. The molecule has 23 heavy (non-hydrogen) atoms. The number of aliphatic hydroxyl groups is 2. The maximum absolute atomic E-state index is 12.7. The van der Waals surface area contributed by atoms with E-state index in [-0.39, 0.29) is 12.8 Å². The van der Waals surface area contributed by atoms with Crippen LogP contribution >= 0.6 is 0 Å². The van der Waals surface area contributed by atoms with Crippen LogP contribution in [0.3, 0.4) is 0 Å². The second kappa shape index (κ2) is 3.70. The van der Waals surface area contributed by atoms with Gasteiger partial charge in [-0.3, -0.25) is 14.4 Å². The van der Waals surface area contributed by atoms with Crippen molar-refractivity contribution in [2.45, 2.75) is 57.6 Å². The molecule has 2 spiro atoms. The van der Waals surface area contributed by atoms with E-state index in [2.05, 4.69) is 5.32 Å². The lowest BCUT2D eigenvalue weighted by atomic mass is 9.52. The van der Waals surface area contributed by atoms with Crippen LogP contribution in [-0.2, 0) is 23.9 Å². The molecule has 0 aromatic carbocycles. The number of esters is 2. The standard InChI is InChI=1S/C15H19NO7/c1-12(2,3)14(21)4-6-13(5-7(17)22-6)11(20)23-10-15(13,14)8(18)9(19)16-10/h6,8,10,18,21H,4-5H2,1-3H3,(H,16,19)/t6-,8-,10-,13-,14+,15+/m0/s1. The molecule has 0 aromatic rings. The van der Waals surface area contributed by atoms with Gasteiger partial charge in [-0.15, -0.1) is 0 Å². The zero-order valence-electron chi connectivity index (χ0n) is 13.1. The lowest BCUT2D eigenvalue weighted by Crippen LogP contribution is -2.65. The molecule has 3 heterocycles. The van der Waals surface area contributed by atoms with Crippen molar-refractivity contribution in [3.8, 4) is 0 Å². The quantitative estimate of drug-likeness (QED) is 0.480. The van der Waals surface area contributed by atoms with Crippen molar-refractivity contribution in [3.05, 3.63) is 0 Å². The van der Waals surface area contributed by atoms with Gasteiger partial charge in [-0.05, 0) is 5.41 Å². The molecule has 4 rings (SSSR count). The van der Waals surface area contributed by atoms with E-state index in [1.807, 2.05) is 0 Å². The van der Waals surface area contributed by atoms with E-state index in [1.54, 1.807) is 20.8 Å². The van der Waals surface area contributed by atoms with Crippen molar-refractivity contribution in [2.75, 3.05) is 0 Å². The summed E-state index contributed by atoms with van der Waals surface area (Å²) < 4.78 is 10.6. The maximum Gasteiger partial charge on any atom is 0.319 e. The summed E-state index contributed by atoms with van der Waals surface area (Å²) in [6.07, 6.45) is -4.10. The molecule has 6 atom stereocenters. The summed E-state index contributed by atoms with van der Waals surface area (Å²) in [7, 11) is 0. The summed E-state index contributed by atoms with van der Waals surface area (Å²) in [4.78, 5) is 36.7. The second-order valence-corrected chi connectivity index (χ2v) is 8.01. The summed E-state index contributed by atoms with van der Waals surface area (Å²) in [6, 6.07) is 0. The predicted octanol–water partition coefficient (Wildman–Crippen LogP) is -1.17. The molecule has 126 valence electrons. The van der Waals surface area contributed by atoms with Crippen molar-refractivity contribution >= 4 is 17.8 Å². The highest BCUT2D eigenvalue weighted by molar-refractivity contribution is 5.96. The van der Waals surface area contributed by atoms with E-state index in [0.717, 1.165) is 0 Å². The number of nitrogens with one attached hydrogen (secondary N) is 1. The molecule has 4 fully saturated rings. The molecule has 8 heteroatoms. The number of hydrogen-bond donors (Lipinski definition) is 3. The fraction of sp³-hybridized carbons (Fsp3) is 0.800. The molecule has 1 amide bonds. The number of rotatable bonds is 0. The number of hydrogen-bond acceptors (Lipinski definition) is 7. The molecule has 0 aromatic heterocycles. The minimum atomic E-state index is -1.66. The molecule has 8 nitrogen and oxygen atoms in total. The first-order valence-corrected chi connectivity index (χ1v) is 7.64. The van der Waals surface area contributed by atoms with Gasteiger partial charge in [0.25, 0.3) is 5.91 Å². The molecular weight excluding hydrogens is 306 g/mol. The third-order valence-electron chi connectivity index (χ3n) is 6.35. The van der Waals surface area contributed by atoms with E-state index in [1.165, 1.54) is 0 Å². The van der Waals surface area contributed by atoms with E-state index in [4.69, 9.17) is 9.47 Å². The third-order valence-corrected chi connectivity index (χ3v) is 6.35. The SMILES string of the molecule is CC(C)(C)[C@]1(O)C[C@@H]2OC(=O)C[C@@]23C(=O)O[C@@H]2NC(=O)[C@H](O)[C@]213. The van der Waals surface area contributed by atoms with Crippen LogP contribution in [0.5, 0.6) is 0 Å². The number of carbonyl (C=O) groups is 3. The number of ether oxygens (including phenoxy) is 2.